The van der Waals surface area contributed by atoms with Crippen LogP contribution in [0.3, 0.4) is 0 Å². The molecule has 0 aliphatic carbocycles. The van der Waals surface area contributed by atoms with E-state index in [1.54, 1.807) is 0 Å². The van der Waals surface area contributed by atoms with Crippen LogP contribution in [-0.2, 0) is 6.42 Å². The Morgan fingerprint density at radius 3 is 2.57 bits per heavy atom. The van der Waals surface area contributed by atoms with Gasteiger partial charge < -0.3 is 4.42 Å². The van der Waals surface area contributed by atoms with Crippen LogP contribution < -0.4 is 0 Å². The van der Waals surface area contributed by atoms with Crippen molar-refractivity contribution < 1.29 is 4.42 Å². The predicted octanol–water partition coefficient (Wildman–Crippen LogP) is 5.96. The van der Waals surface area contributed by atoms with Crippen molar-refractivity contribution in [3.05, 3.63) is 62.9 Å². The Bertz CT molecular complexity index is 777. The van der Waals surface area contributed by atoms with Crippen molar-refractivity contribution in [1.29, 1.82) is 0 Å². The van der Waals surface area contributed by atoms with Crippen molar-refractivity contribution in [3.8, 4) is 0 Å². The van der Waals surface area contributed by atoms with Gasteiger partial charge in [-0.1, -0.05) is 37.6 Å². The van der Waals surface area contributed by atoms with Crippen molar-refractivity contribution in [2.24, 2.45) is 0 Å². The average Bonchev–Trinajstić information content (AvgIpc) is 2.84. The van der Waals surface area contributed by atoms with Gasteiger partial charge in [0, 0.05) is 11.4 Å². The Morgan fingerprint density at radius 1 is 1.19 bits per heavy atom. The van der Waals surface area contributed by atoms with Crippen LogP contribution in [-0.4, -0.2) is 4.98 Å². The van der Waals surface area contributed by atoms with Crippen molar-refractivity contribution in [2.75, 3.05) is 0 Å². The minimum Gasteiger partial charge on any atom is -0.439 e. The average molecular weight is 365 g/mol. The quantitative estimate of drug-likeness (QED) is 0.573. The molecule has 0 aliphatic rings. The molecule has 3 rings (SSSR count). The van der Waals surface area contributed by atoms with E-state index in [0.29, 0.717) is 18.2 Å². The summed E-state index contributed by atoms with van der Waals surface area (Å²) in [7, 11) is 0. The van der Waals surface area contributed by atoms with E-state index in [1.807, 2.05) is 24.3 Å². The van der Waals surface area contributed by atoms with E-state index in [-0.39, 0.29) is 0 Å². The Kier molecular flexibility index (Phi) is 4.05. The van der Waals surface area contributed by atoms with Crippen LogP contribution >= 0.6 is 27.5 Å². The molecule has 4 heteroatoms. The summed E-state index contributed by atoms with van der Waals surface area (Å²) in [6.45, 7) is 4.34. The zero-order valence-corrected chi connectivity index (χ0v) is 14.2. The first kappa shape index (κ1) is 14.6. The largest absolute Gasteiger partial charge is 0.439 e. The third-order valence-corrected chi connectivity index (χ3v) is 4.29. The Labute approximate surface area is 137 Å². The summed E-state index contributed by atoms with van der Waals surface area (Å²) in [5.41, 5.74) is 4.09. The fraction of sp³-hybridized carbons (Fsp3) is 0.235. The van der Waals surface area contributed by atoms with E-state index in [0.717, 1.165) is 26.2 Å². The zero-order valence-electron chi connectivity index (χ0n) is 11.9. The van der Waals surface area contributed by atoms with E-state index in [9.17, 15) is 0 Å². The molecule has 0 bridgehead atoms. The number of nitrogens with zero attached hydrogens (tertiary/aromatic N) is 1. The molecule has 1 aromatic heterocycles. The minimum absolute atomic E-state index is 0.460. The highest BCUT2D eigenvalue weighted by molar-refractivity contribution is 9.10. The SMILES string of the molecule is CC(C)c1cc(Br)c2oc(Cc3ccc(Cl)cc3)nc2c1. The molecular weight excluding hydrogens is 350 g/mol. The number of fused-ring (bicyclic) bond motifs is 1. The summed E-state index contributed by atoms with van der Waals surface area (Å²) in [4.78, 5) is 4.60. The lowest BCUT2D eigenvalue weighted by Gasteiger charge is -2.04. The molecule has 1 heterocycles. The number of oxazole rings is 1. The molecule has 0 unspecified atom stereocenters. The van der Waals surface area contributed by atoms with Gasteiger partial charge in [-0.3, -0.25) is 0 Å². The van der Waals surface area contributed by atoms with Gasteiger partial charge in [0.05, 0.1) is 4.47 Å². The molecular formula is C17H15BrClNO. The smallest absolute Gasteiger partial charge is 0.199 e. The number of hydrogen-bond donors (Lipinski definition) is 0. The standard InChI is InChI=1S/C17H15BrClNO/c1-10(2)12-8-14(18)17-15(9-12)20-16(21-17)7-11-3-5-13(19)6-4-11/h3-6,8-10H,7H2,1-2H3. The highest BCUT2D eigenvalue weighted by atomic mass is 79.9. The van der Waals surface area contributed by atoms with Crippen LogP contribution in [0.1, 0.15) is 36.8 Å². The van der Waals surface area contributed by atoms with E-state index in [1.165, 1.54) is 5.56 Å². The summed E-state index contributed by atoms with van der Waals surface area (Å²) in [5, 5.41) is 0.737. The second-order valence-electron chi connectivity index (χ2n) is 5.42. The van der Waals surface area contributed by atoms with Gasteiger partial charge in [0.2, 0.25) is 0 Å². The molecule has 0 radical (unpaired) electrons. The molecule has 0 spiro atoms. The van der Waals surface area contributed by atoms with Crippen LogP contribution in [0, 0.1) is 0 Å². The Morgan fingerprint density at radius 2 is 1.90 bits per heavy atom. The predicted molar refractivity (Wildman–Crippen MR) is 90.1 cm³/mol. The van der Waals surface area contributed by atoms with E-state index < -0.39 is 0 Å². The summed E-state index contributed by atoms with van der Waals surface area (Å²) in [6.07, 6.45) is 0.662. The van der Waals surface area contributed by atoms with Gasteiger partial charge in [-0.25, -0.2) is 4.98 Å². The lowest BCUT2D eigenvalue weighted by Crippen LogP contribution is -1.88. The first-order valence-corrected chi connectivity index (χ1v) is 8.03. The zero-order chi connectivity index (χ0) is 15.0. The lowest BCUT2D eigenvalue weighted by atomic mass is 10.0. The molecule has 108 valence electrons. The minimum atomic E-state index is 0.460. The number of halogens is 2. The third kappa shape index (κ3) is 3.14. The van der Waals surface area contributed by atoms with Crippen molar-refractivity contribution in [1.82, 2.24) is 4.98 Å². The molecule has 2 nitrogen and oxygen atoms in total. The van der Waals surface area contributed by atoms with Gasteiger partial charge in [-0.2, -0.15) is 0 Å². The lowest BCUT2D eigenvalue weighted by molar-refractivity contribution is 0.542. The van der Waals surface area contributed by atoms with Gasteiger partial charge in [-0.15, -0.1) is 0 Å². The van der Waals surface area contributed by atoms with Crippen LogP contribution in [0.15, 0.2) is 45.3 Å². The van der Waals surface area contributed by atoms with Crippen LogP contribution in [0.5, 0.6) is 0 Å². The second-order valence-corrected chi connectivity index (χ2v) is 6.71. The fourth-order valence-electron chi connectivity index (χ4n) is 2.24. The van der Waals surface area contributed by atoms with Gasteiger partial charge in [0.15, 0.2) is 11.5 Å². The van der Waals surface area contributed by atoms with Gasteiger partial charge in [0.25, 0.3) is 0 Å². The summed E-state index contributed by atoms with van der Waals surface area (Å²) in [5.74, 6) is 1.18. The van der Waals surface area contributed by atoms with Crippen LogP contribution in [0.2, 0.25) is 5.02 Å². The monoisotopic (exact) mass is 363 g/mol. The third-order valence-electron chi connectivity index (χ3n) is 3.45. The molecule has 0 saturated heterocycles. The normalized spacial score (nSPS) is 11.5. The van der Waals surface area contributed by atoms with Gasteiger partial charge in [-0.05, 0) is 57.2 Å². The van der Waals surface area contributed by atoms with Crippen molar-refractivity contribution >= 4 is 38.6 Å². The first-order valence-electron chi connectivity index (χ1n) is 6.86. The maximum Gasteiger partial charge on any atom is 0.199 e. The molecule has 0 atom stereocenters. The highest BCUT2D eigenvalue weighted by Gasteiger charge is 2.12. The number of hydrogen-bond acceptors (Lipinski definition) is 2. The van der Waals surface area contributed by atoms with Crippen molar-refractivity contribution in [3.63, 3.8) is 0 Å². The number of benzene rings is 2. The van der Waals surface area contributed by atoms with Crippen LogP contribution in [0.25, 0.3) is 11.1 Å². The number of rotatable bonds is 3. The Hall–Kier alpha value is -1.32. The molecule has 0 N–H and O–H groups in total. The highest BCUT2D eigenvalue weighted by Crippen LogP contribution is 2.30. The van der Waals surface area contributed by atoms with Crippen LogP contribution in [0.4, 0.5) is 0 Å². The molecule has 0 amide bonds. The molecule has 2 aromatic carbocycles. The summed E-state index contributed by atoms with van der Waals surface area (Å²) in [6, 6.07) is 11.9. The first-order chi connectivity index (χ1) is 10.0. The van der Waals surface area contributed by atoms with E-state index in [4.69, 9.17) is 16.0 Å². The topological polar surface area (TPSA) is 26.0 Å². The van der Waals surface area contributed by atoms with Gasteiger partial charge in [0.1, 0.15) is 5.52 Å². The number of aromatic nitrogens is 1. The molecule has 0 saturated carbocycles. The maximum absolute atomic E-state index is 5.90. The van der Waals surface area contributed by atoms with E-state index >= 15 is 0 Å². The maximum atomic E-state index is 5.90. The molecule has 0 fully saturated rings. The summed E-state index contributed by atoms with van der Waals surface area (Å²) < 4.78 is 6.83. The Balaban J connectivity index is 1.97. The molecule has 3 aromatic rings. The van der Waals surface area contributed by atoms with E-state index in [2.05, 4.69) is 46.9 Å². The fourth-order valence-corrected chi connectivity index (χ4v) is 2.92. The van der Waals surface area contributed by atoms with Crippen molar-refractivity contribution in [2.45, 2.75) is 26.2 Å². The molecule has 21 heavy (non-hydrogen) atoms. The van der Waals surface area contributed by atoms with Gasteiger partial charge >= 0.3 is 0 Å². The second kappa shape index (κ2) is 5.82. The summed E-state index contributed by atoms with van der Waals surface area (Å²) >= 11 is 9.47. The molecule has 0 aliphatic heterocycles.